The van der Waals surface area contributed by atoms with Gasteiger partial charge in [-0.2, -0.15) is 0 Å². The van der Waals surface area contributed by atoms with Crippen molar-refractivity contribution in [3.8, 4) is 5.75 Å². The van der Waals surface area contributed by atoms with E-state index in [0.29, 0.717) is 22.7 Å². The summed E-state index contributed by atoms with van der Waals surface area (Å²) < 4.78 is 5.37. The predicted octanol–water partition coefficient (Wildman–Crippen LogP) is 2.69. The van der Waals surface area contributed by atoms with E-state index in [1.807, 2.05) is 13.8 Å². The lowest BCUT2D eigenvalue weighted by molar-refractivity contribution is 0.0733. The molecule has 0 radical (unpaired) electrons. The van der Waals surface area contributed by atoms with Crippen LogP contribution in [0.2, 0.25) is 0 Å². The lowest BCUT2D eigenvalue weighted by Gasteiger charge is -2.10. The van der Waals surface area contributed by atoms with Gasteiger partial charge < -0.3 is 16.2 Å². The van der Waals surface area contributed by atoms with Gasteiger partial charge in [0.1, 0.15) is 5.75 Å². The summed E-state index contributed by atoms with van der Waals surface area (Å²) in [5.41, 5.74) is 14.7. The van der Waals surface area contributed by atoms with Crippen LogP contribution in [0.25, 0.3) is 0 Å². The molecule has 0 aliphatic rings. The van der Waals surface area contributed by atoms with Crippen LogP contribution in [-0.4, -0.2) is 5.97 Å². The number of hydrogen-bond acceptors (Lipinski definition) is 4. The average Bonchev–Trinajstić information content (AvgIpc) is 2.32. The molecule has 0 heterocycles. The van der Waals surface area contributed by atoms with Crippen LogP contribution in [0, 0.1) is 13.8 Å². The molecular formula is C15H16N2O2. The second-order valence-corrected chi connectivity index (χ2v) is 4.49. The van der Waals surface area contributed by atoms with Gasteiger partial charge in [-0.15, -0.1) is 0 Å². The van der Waals surface area contributed by atoms with E-state index in [2.05, 4.69) is 0 Å². The SMILES string of the molecule is Cc1cc(N)ccc1OC(=O)c1ccc(N)cc1C. The van der Waals surface area contributed by atoms with E-state index in [-0.39, 0.29) is 0 Å². The Hall–Kier alpha value is -2.49. The van der Waals surface area contributed by atoms with Crippen LogP contribution in [0.3, 0.4) is 0 Å². The van der Waals surface area contributed by atoms with Gasteiger partial charge in [-0.3, -0.25) is 0 Å². The summed E-state index contributed by atoms with van der Waals surface area (Å²) in [5.74, 6) is 0.112. The fourth-order valence-electron chi connectivity index (χ4n) is 1.86. The van der Waals surface area contributed by atoms with Gasteiger partial charge in [0.2, 0.25) is 0 Å². The fourth-order valence-corrected chi connectivity index (χ4v) is 1.86. The van der Waals surface area contributed by atoms with Crippen LogP contribution in [0.5, 0.6) is 5.75 Å². The Balaban J connectivity index is 2.25. The largest absolute Gasteiger partial charge is 0.423 e. The van der Waals surface area contributed by atoms with Crippen LogP contribution in [0.15, 0.2) is 36.4 Å². The molecule has 4 N–H and O–H groups in total. The van der Waals surface area contributed by atoms with Crippen molar-refractivity contribution >= 4 is 17.3 Å². The molecule has 4 nitrogen and oxygen atoms in total. The number of aryl methyl sites for hydroxylation is 2. The third kappa shape index (κ3) is 2.85. The first kappa shape index (κ1) is 13.0. The maximum Gasteiger partial charge on any atom is 0.343 e. The van der Waals surface area contributed by atoms with E-state index in [0.717, 1.165) is 11.1 Å². The molecule has 0 aliphatic carbocycles. The molecule has 0 amide bonds. The summed E-state index contributed by atoms with van der Waals surface area (Å²) in [6.07, 6.45) is 0. The van der Waals surface area contributed by atoms with E-state index < -0.39 is 5.97 Å². The van der Waals surface area contributed by atoms with Crippen molar-refractivity contribution in [2.24, 2.45) is 0 Å². The van der Waals surface area contributed by atoms with Gasteiger partial charge in [0.05, 0.1) is 5.56 Å². The average molecular weight is 256 g/mol. The Bertz CT molecular complexity index is 636. The fraction of sp³-hybridized carbons (Fsp3) is 0.133. The number of carbonyl (C=O) groups is 1. The maximum atomic E-state index is 12.1. The van der Waals surface area contributed by atoms with Crippen molar-refractivity contribution < 1.29 is 9.53 Å². The Labute approximate surface area is 112 Å². The van der Waals surface area contributed by atoms with Crippen LogP contribution in [-0.2, 0) is 0 Å². The summed E-state index contributed by atoms with van der Waals surface area (Å²) >= 11 is 0. The van der Waals surface area contributed by atoms with Crippen LogP contribution >= 0.6 is 0 Å². The van der Waals surface area contributed by atoms with Crippen molar-refractivity contribution in [3.05, 3.63) is 53.1 Å². The van der Waals surface area contributed by atoms with Gasteiger partial charge >= 0.3 is 5.97 Å². The number of nitrogens with two attached hydrogens (primary N) is 2. The number of carbonyl (C=O) groups excluding carboxylic acids is 1. The summed E-state index contributed by atoms with van der Waals surface area (Å²) in [5, 5.41) is 0. The smallest absolute Gasteiger partial charge is 0.343 e. The number of benzene rings is 2. The van der Waals surface area contributed by atoms with Crippen LogP contribution in [0.4, 0.5) is 11.4 Å². The molecule has 0 spiro atoms. The molecule has 0 fully saturated rings. The van der Waals surface area contributed by atoms with Crippen LogP contribution in [0.1, 0.15) is 21.5 Å². The minimum atomic E-state index is -0.398. The zero-order chi connectivity index (χ0) is 14.0. The first-order chi connectivity index (χ1) is 8.97. The minimum Gasteiger partial charge on any atom is -0.423 e. The molecule has 2 aromatic rings. The second-order valence-electron chi connectivity index (χ2n) is 4.49. The Morgan fingerprint density at radius 3 is 2.11 bits per heavy atom. The number of rotatable bonds is 2. The number of nitrogen functional groups attached to an aromatic ring is 2. The Kier molecular flexibility index (Phi) is 3.42. The Morgan fingerprint density at radius 2 is 1.53 bits per heavy atom. The van der Waals surface area contributed by atoms with E-state index in [9.17, 15) is 4.79 Å². The standard InChI is InChI=1S/C15H16N2O2/c1-9-7-11(16)3-5-13(9)15(18)19-14-6-4-12(17)8-10(14)2/h3-8H,16-17H2,1-2H3. The normalized spacial score (nSPS) is 10.2. The summed E-state index contributed by atoms with van der Waals surface area (Å²) in [6.45, 7) is 3.66. The Morgan fingerprint density at radius 1 is 0.947 bits per heavy atom. The molecule has 0 saturated carbocycles. The summed E-state index contributed by atoms with van der Waals surface area (Å²) in [4.78, 5) is 12.1. The molecule has 0 unspecified atom stereocenters. The summed E-state index contributed by atoms with van der Waals surface area (Å²) in [6, 6.07) is 10.2. The lowest BCUT2D eigenvalue weighted by Crippen LogP contribution is -2.11. The first-order valence-corrected chi connectivity index (χ1v) is 5.92. The molecule has 0 aromatic heterocycles. The highest BCUT2D eigenvalue weighted by molar-refractivity contribution is 5.93. The number of esters is 1. The first-order valence-electron chi connectivity index (χ1n) is 5.92. The molecule has 19 heavy (non-hydrogen) atoms. The molecule has 0 atom stereocenters. The van der Waals surface area contributed by atoms with Gasteiger partial charge in [-0.1, -0.05) is 0 Å². The van der Waals surface area contributed by atoms with E-state index in [1.54, 1.807) is 36.4 Å². The molecule has 0 saturated heterocycles. The van der Waals surface area contributed by atoms with Gasteiger partial charge in [-0.05, 0) is 61.4 Å². The zero-order valence-corrected chi connectivity index (χ0v) is 10.9. The quantitative estimate of drug-likeness (QED) is 0.492. The van der Waals surface area contributed by atoms with Gasteiger partial charge in [0.15, 0.2) is 0 Å². The second kappa shape index (κ2) is 5.02. The molecule has 0 bridgehead atoms. The van der Waals surface area contributed by atoms with Gasteiger partial charge in [0, 0.05) is 11.4 Å². The van der Waals surface area contributed by atoms with Crippen molar-refractivity contribution in [1.82, 2.24) is 0 Å². The van der Waals surface area contributed by atoms with E-state index >= 15 is 0 Å². The van der Waals surface area contributed by atoms with Gasteiger partial charge in [0.25, 0.3) is 0 Å². The minimum absolute atomic E-state index is 0.398. The molecule has 2 aromatic carbocycles. The number of ether oxygens (including phenoxy) is 1. The highest BCUT2D eigenvalue weighted by Gasteiger charge is 2.13. The van der Waals surface area contributed by atoms with Crippen molar-refractivity contribution in [1.29, 1.82) is 0 Å². The lowest BCUT2D eigenvalue weighted by atomic mass is 10.1. The molecule has 2 rings (SSSR count). The van der Waals surface area contributed by atoms with E-state index in [4.69, 9.17) is 16.2 Å². The highest BCUT2D eigenvalue weighted by Crippen LogP contribution is 2.22. The number of anilines is 2. The van der Waals surface area contributed by atoms with Crippen molar-refractivity contribution in [2.45, 2.75) is 13.8 Å². The monoisotopic (exact) mass is 256 g/mol. The molecule has 4 heteroatoms. The highest BCUT2D eigenvalue weighted by atomic mass is 16.5. The van der Waals surface area contributed by atoms with Crippen molar-refractivity contribution in [3.63, 3.8) is 0 Å². The molecule has 0 aliphatic heterocycles. The number of hydrogen-bond donors (Lipinski definition) is 2. The van der Waals surface area contributed by atoms with E-state index in [1.165, 1.54) is 0 Å². The van der Waals surface area contributed by atoms with Crippen LogP contribution < -0.4 is 16.2 Å². The topological polar surface area (TPSA) is 78.3 Å². The zero-order valence-electron chi connectivity index (χ0n) is 10.9. The van der Waals surface area contributed by atoms with Gasteiger partial charge in [-0.25, -0.2) is 4.79 Å². The summed E-state index contributed by atoms with van der Waals surface area (Å²) in [7, 11) is 0. The predicted molar refractivity (Wildman–Crippen MR) is 76.1 cm³/mol. The third-order valence-electron chi connectivity index (χ3n) is 2.87. The van der Waals surface area contributed by atoms with Crippen molar-refractivity contribution in [2.75, 3.05) is 11.5 Å². The molecule has 98 valence electrons. The molecular weight excluding hydrogens is 240 g/mol. The third-order valence-corrected chi connectivity index (χ3v) is 2.87. The maximum absolute atomic E-state index is 12.1.